The molecule has 0 fully saturated rings. The third-order valence-corrected chi connectivity index (χ3v) is 2.97. The van der Waals surface area contributed by atoms with E-state index < -0.39 is 6.10 Å². The van der Waals surface area contributed by atoms with Crippen molar-refractivity contribution in [1.29, 1.82) is 0 Å². The Morgan fingerprint density at radius 3 is 2.75 bits per heavy atom. The number of benzene rings is 2. The van der Waals surface area contributed by atoms with Crippen molar-refractivity contribution in [3.63, 3.8) is 0 Å². The van der Waals surface area contributed by atoms with E-state index in [1.807, 2.05) is 24.3 Å². The first-order chi connectivity index (χ1) is 9.69. The van der Waals surface area contributed by atoms with Crippen LogP contribution in [0.5, 0.6) is 0 Å². The molecule has 2 aromatic carbocycles. The SMILES string of the molecule is COCc1cccc(NCC(O)c2cccc(F)c2)c1. The molecule has 2 aromatic rings. The van der Waals surface area contributed by atoms with Crippen molar-refractivity contribution in [2.75, 3.05) is 19.0 Å². The highest BCUT2D eigenvalue weighted by Crippen LogP contribution is 2.16. The van der Waals surface area contributed by atoms with Gasteiger partial charge in [0.2, 0.25) is 0 Å². The monoisotopic (exact) mass is 275 g/mol. The van der Waals surface area contributed by atoms with E-state index in [4.69, 9.17) is 4.74 Å². The highest BCUT2D eigenvalue weighted by Gasteiger charge is 2.08. The molecular formula is C16H18FNO2. The molecule has 1 atom stereocenters. The van der Waals surface area contributed by atoms with Crippen LogP contribution in [-0.2, 0) is 11.3 Å². The van der Waals surface area contributed by atoms with Gasteiger partial charge in [0.25, 0.3) is 0 Å². The fraction of sp³-hybridized carbons (Fsp3) is 0.250. The Bertz CT molecular complexity index is 560. The Kier molecular flexibility index (Phi) is 5.09. The zero-order valence-electron chi connectivity index (χ0n) is 11.3. The van der Waals surface area contributed by atoms with Crippen molar-refractivity contribution in [3.8, 4) is 0 Å². The summed E-state index contributed by atoms with van der Waals surface area (Å²) in [4.78, 5) is 0. The summed E-state index contributed by atoms with van der Waals surface area (Å²) in [6.45, 7) is 0.863. The lowest BCUT2D eigenvalue weighted by Gasteiger charge is -2.14. The van der Waals surface area contributed by atoms with Crippen molar-refractivity contribution < 1.29 is 14.2 Å². The summed E-state index contributed by atoms with van der Waals surface area (Å²) in [5.41, 5.74) is 2.51. The maximum absolute atomic E-state index is 13.1. The topological polar surface area (TPSA) is 41.5 Å². The third kappa shape index (κ3) is 4.05. The lowest BCUT2D eigenvalue weighted by molar-refractivity contribution is 0.185. The van der Waals surface area contributed by atoms with Gasteiger partial charge in [0.1, 0.15) is 5.82 Å². The largest absolute Gasteiger partial charge is 0.387 e. The van der Waals surface area contributed by atoms with E-state index in [1.165, 1.54) is 12.1 Å². The number of hydrogen-bond acceptors (Lipinski definition) is 3. The van der Waals surface area contributed by atoms with Crippen LogP contribution in [0.1, 0.15) is 17.2 Å². The Hall–Kier alpha value is -1.91. The van der Waals surface area contributed by atoms with Crippen LogP contribution >= 0.6 is 0 Å². The molecule has 0 aliphatic rings. The standard InChI is InChI=1S/C16H18FNO2/c1-20-11-12-4-2-7-15(8-12)18-10-16(19)13-5-3-6-14(17)9-13/h2-9,16,18-19H,10-11H2,1H3. The molecule has 0 saturated carbocycles. The predicted octanol–water partition coefficient (Wildman–Crippen LogP) is 3.12. The van der Waals surface area contributed by atoms with Crippen molar-refractivity contribution >= 4 is 5.69 Å². The minimum absolute atomic E-state index is 0.319. The molecule has 0 heterocycles. The van der Waals surface area contributed by atoms with Gasteiger partial charge >= 0.3 is 0 Å². The average Bonchev–Trinajstić information content (AvgIpc) is 2.45. The molecule has 0 saturated heterocycles. The molecule has 0 bridgehead atoms. The molecular weight excluding hydrogens is 257 g/mol. The van der Waals surface area contributed by atoms with E-state index in [1.54, 1.807) is 19.2 Å². The summed E-state index contributed by atoms with van der Waals surface area (Å²) in [5, 5.41) is 13.2. The molecule has 20 heavy (non-hydrogen) atoms. The normalized spacial score (nSPS) is 12.2. The average molecular weight is 275 g/mol. The minimum atomic E-state index is -0.753. The molecule has 0 radical (unpaired) electrons. The maximum atomic E-state index is 13.1. The maximum Gasteiger partial charge on any atom is 0.123 e. The van der Waals surface area contributed by atoms with Gasteiger partial charge in [-0.15, -0.1) is 0 Å². The van der Waals surface area contributed by atoms with E-state index >= 15 is 0 Å². The van der Waals surface area contributed by atoms with Crippen molar-refractivity contribution in [3.05, 3.63) is 65.5 Å². The summed E-state index contributed by atoms with van der Waals surface area (Å²) in [5.74, 6) is -0.344. The van der Waals surface area contributed by atoms with E-state index in [9.17, 15) is 9.50 Å². The fourth-order valence-electron chi connectivity index (χ4n) is 1.98. The van der Waals surface area contributed by atoms with Gasteiger partial charge in [-0.3, -0.25) is 0 Å². The zero-order valence-corrected chi connectivity index (χ0v) is 11.3. The third-order valence-electron chi connectivity index (χ3n) is 2.97. The zero-order chi connectivity index (χ0) is 14.4. The molecule has 0 aliphatic heterocycles. The Labute approximate surface area is 118 Å². The molecule has 3 nitrogen and oxygen atoms in total. The minimum Gasteiger partial charge on any atom is -0.387 e. The number of ether oxygens (including phenoxy) is 1. The van der Waals surface area contributed by atoms with Crippen molar-refractivity contribution in [2.24, 2.45) is 0 Å². The Morgan fingerprint density at radius 2 is 2.00 bits per heavy atom. The number of rotatable bonds is 6. The molecule has 2 rings (SSSR count). The fourth-order valence-corrected chi connectivity index (χ4v) is 1.98. The Balaban J connectivity index is 1.96. The van der Waals surface area contributed by atoms with E-state index in [2.05, 4.69) is 5.32 Å². The molecule has 2 N–H and O–H groups in total. The number of nitrogens with one attached hydrogen (secondary N) is 1. The predicted molar refractivity (Wildman–Crippen MR) is 77.0 cm³/mol. The quantitative estimate of drug-likeness (QED) is 0.851. The van der Waals surface area contributed by atoms with Gasteiger partial charge in [-0.25, -0.2) is 4.39 Å². The van der Waals surface area contributed by atoms with Crippen molar-refractivity contribution in [2.45, 2.75) is 12.7 Å². The highest BCUT2D eigenvalue weighted by atomic mass is 19.1. The van der Waals surface area contributed by atoms with Crippen LogP contribution in [0, 0.1) is 5.82 Å². The number of anilines is 1. The number of methoxy groups -OCH3 is 1. The first kappa shape index (κ1) is 14.5. The summed E-state index contributed by atoms with van der Waals surface area (Å²) < 4.78 is 18.2. The van der Waals surface area contributed by atoms with E-state index in [0.717, 1.165) is 11.3 Å². The van der Waals surface area contributed by atoms with Crippen LogP contribution in [-0.4, -0.2) is 18.8 Å². The van der Waals surface area contributed by atoms with Crippen LogP contribution in [0.2, 0.25) is 0 Å². The molecule has 0 amide bonds. The van der Waals surface area contributed by atoms with Gasteiger partial charge in [0.15, 0.2) is 0 Å². The second kappa shape index (κ2) is 7.03. The molecule has 1 unspecified atom stereocenters. The van der Waals surface area contributed by atoms with Crippen LogP contribution in [0.3, 0.4) is 0 Å². The number of hydrogen-bond donors (Lipinski definition) is 2. The van der Waals surface area contributed by atoms with Gasteiger partial charge in [0, 0.05) is 19.3 Å². The van der Waals surface area contributed by atoms with Crippen LogP contribution < -0.4 is 5.32 Å². The number of halogens is 1. The second-order valence-corrected chi connectivity index (χ2v) is 4.59. The first-order valence-electron chi connectivity index (χ1n) is 6.44. The van der Waals surface area contributed by atoms with Crippen LogP contribution in [0.15, 0.2) is 48.5 Å². The van der Waals surface area contributed by atoms with Crippen LogP contribution in [0.4, 0.5) is 10.1 Å². The number of aliphatic hydroxyl groups is 1. The summed E-state index contributed by atoms with van der Waals surface area (Å²) >= 11 is 0. The van der Waals surface area contributed by atoms with Gasteiger partial charge in [0.05, 0.1) is 12.7 Å². The summed E-state index contributed by atoms with van der Waals surface area (Å²) in [6.07, 6.45) is -0.753. The van der Waals surface area contributed by atoms with Crippen LogP contribution in [0.25, 0.3) is 0 Å². The number of aliphatic hydroxyl groups excluding tert-OH is 1. The second-order valence-electron chi connectivity index (χ2n) is 4.59. The molecule has 0 spiro atoms. The first-order valence-corrected chi connectivity index (χ1v) is 6.44. The Morgan fingerprint density at radius 1 is 1.20 bits per heavy atom. The summed E-state index contributed by atoms with van der Waals surface area (Å²) in [6, 6.07) is 13.8. The van der Waals surface area contributed by atoms with Crippen molar-refractivity contribution in [1.82, 2.24) is 0 Å². The molecule has 0 aliphatic carbocycles. The lowest BCUT2D eigenvalue weighted by atomic mass is 10.1. The van der Waals surface area contributed by atoms with Gasteiger partial charge in [-0.1, -0.05) is 24.3 Å². The smallest absolute Gasteiger partial charge is 0.123 e. The lowest BCUT2D eigenvalue weighted by Crippen LogP contribution is -2.12. The molecule has 0 aromatic heterocycles. The highest BCUT2D eigenvalue weighted by molar-refractivity contribution is 5.46. The molecule has 106 valence electrons. The molecule has 4 heteroatoms. The van der Waals surface area contributed by atoms with E-state index in [0.29, 0.717) is 18.7 Å². The van der Waals surface area contributed by atoms with E-state index in [-0.39, 0.29) is 5.82 Å². The van der Waals surface area contributed by atoms with Gasteiger partial charge in [-0.2, -0.15) is 0 Å². The van der Waals surface area contributed by atoms with Gasteiger partial charge < -0.3 is 15.2 Å². The van der Waals surface area contributed by atoms with Gasteiger partial charge in [-0.05, 0) is 35.4 Å². The summed E-state index contributed by atoms with van der Waals surface area (Å²) in [7, 11) is 1.65.